The largest absolute Gasteiger partial charge is 0.382 e. The van der Waals surface area contributed by atoms with Crippen molar-refractivity contribution < 1.29 is 0 Å². The second-order valence-corrected chi connectivity index (χ2v) is 7.56. The molecule has 1 aromatic carbocycles. The Balaban J connectivity index is 0.00000136. The van der Waals surface area contributed by atoms with Crippen LogP contribution in [0.15, 0.2) is 59.8 Å². The highest BCUT2D eigenvalue weighted by Crippen LogP contribution is 2.22. The molecule has 4 heterocycles. The maximum Gasteiger partial charge on any atom is 0.276 e. The van der Waals surface area contributed by atoms with E-state index in [-0.39, 0.29) is 30.4 Å². The fourth-order valence-electron chi connectivity index (χ4n) is 4.02. The van der Waals surface area contributed by atoms with Crippen LogP contribution in [0.25, 0.3) is 16.4 Å². The van der Waals surface area contributed by atoms with E-state index < -0.39 is 0 Å². The zero-order valence-corrected chi connectivity index (χ0v) is 18.7. The molecule has 9 heteroatoms. The van der Waals surface area contributed by atoms with Gasteiger partial charge in [0.05, 0.1) is 23.8 Å². The molecule has 31 heavy (non-hydrogen) atoms. The lowest BCUT2D eigenvalue weighted by molar-refractivity contribution is 0.479. The van der Waals surface area contributed by atoms with Gasteiger partial charge in [-0.3, -0.25) is 4.79 Å². The van der Waals surface area contributed by atoms with Gasteiger partial charge in [-0.1, -0.05) is 18.2 Å². The van der Waals surface area contributed by atoms with Crippen molar-refractivity contribution in [3.8, 4) is 0 Å². The first-order chi connectivity index (χ1) is 14.3. The monoisotopic (exact) mass is 460 g/mol. The molecule has 2 N–H and O–H groups in total. The number of fused-ring (bicyclic) bond motifs is 2. The number of nitrogens with zero attached hydrogens (tertiary/aromatic N) is 4. The van der Waals surface area contributed by atoms with Crippen LogP contribution in [0.3, 0.4) is 0 Å². The normalized spacial score (nSPS) is 14.2. The van der Waals surface area contributed by atoms with E-state index in [2.05, 4.69) is 20.7 Å². The number of hydrogen-bond acceptors (Lipinski definition) is 5. The third-order valence-corrected chi connectivity index (χ3v) is 5.57. The van der Waals surface area contributed by atoms with Gasteiger partial charge in [0.1, 0.15) is 5.65 Å². The van der Waals surface area contributed by atoms with Crippen molar-refractivity contribution in [3.63, 3.8) is 0 Å². The lowest BCUT2D eigenvalue weighted by Crippen LogP contribution is -2.35. The standard InChI is InChI=1S/C22H24N6O.2ClH/c29-22-21-16(4-3-5-19(21)25-17-7-10-23-11-8-17)14-24-28(22)13-9-18-15-27-12-2-1-6-20(27)26-18;;/h1-6,12,14-15,17,23,25H,7-11,13H2;2*1H. The Labute approximate surface area is 192 Å². The molecule has 5 rings (SSSR count). The van der Waals surface area contributed by atoms with Gasteiger partial charge < -0.3 is 15.0 Å². The molecule has 3 aromatic heterocycles. The first-order valence-corrected chi connectivity index (χ1v) is 10.2. The summed E-state index contributed by atoms with van der Waals surface area (Å²) in [5.41, 5.74) is 2.72. The van der Waals surface area contributed by atoms with Crippen molar-refractivity contribution in [2.75, 3.05) is 18.4 Å². The molecule has 1 aliphatic rings. The molecule has 1 saturated heterocycles. The van der Waals surface area contributed by atoms with Crippen molar-refractivity contribution in [1.29, 1.82) is 0 Å². The van der Waals surface area contributed by atoms with E-state index in [1.807, 2.05) is 53.2 Å². The molecule has 0 saturated carbocycles. The molecule has 164 valence electrons. The summed E-state index contributed by atoms with van der Waals surface area (Å²) in [5, 5.41) is 12.9. The Hall–Kier alpha value is -2.61. The maximum absolute atomic E-state index is 13.2. The van der Waals surface area contributed by atoms with Crippen LogP contribution in [-0.2, 0) is 13.0 Å². The van der Waals surface area contributed by atoms with Crippen molar-refractivity contribution in [3.05, 3.63) is 71.0 Å². The number of anilines is 1. The number of hydrogen-bond donors (Lipinski definition) is 2. The van der Waals surface area contributed by atoms with E-state index in [9.17, 15) is 4.79 Å². The minimum atomic E-state index is -0.0525. The van der Waals surface area contributed by atoms with Crippen molar-refractivity contribution in [2.24, 2.45) is 0 Å². The van der Waals surface area contributed by atoms with Crippen LogP contribution in [0.1, 0.15) is 18.5 Å². The summed E-state index contributed by atoms with van der Waals surface area (Å²) in [6, 6.07) is 12.2. The Bertz CT molecular complexity index is 1180. The molecular weight excluding hydrogens is 435 g/mol. The van der Waals surface area contributed by atoms with Gasteiger partial charge in [0.15, 0.2) is 0 Å². The molecule has 0 amide bonds. The minimum Gasteiger partial charge on any atom is -0.382 e. The molecule has 1 fully saturated rings. The molecule has 7 nitrogen and oxygen atoms in total. The number of benzene rings is 1. The number of aromatic nitrogens is 4. The van der Waals surface area contributed by atoms with Crippen molar-refractivity contribution in [1.82, 2.24) is 24.5 Å². The quantitative estimate of drug-likeness (QED) is 0.477. The summed E-state index contributed by atoms with van der Waals surface area (Å²) >= 11 is 0. The predicted molar refractivity (Wildman–Crippen MR) is 129 cm³/mol. The number of piperidine rings is 1. The molecule has 0 radical (unpaired) electrons. The fourth-order valence-corrected chi connectivity index (χ4v) is 4.02. The van der Waals surface area contributed by atoms with E-state index in [4.69, 9.17) is 0 Å². The minimum absolute atomic E-state index is 0. The van der Waals surface area contributed by atoms with Gasteiger partial charge in [0, 0.05) is 35.9 Å². The van der Waals surface area contributed by atoms with E-state index in [1.54, 1.807) is 10.9 Å². The second-order valence-electron chi connectivity index (χ2n) is 7.56. The van der Waals surface area contributed by atoms with E-state index in [1.165, 1.54) is 0 Å². The van der Waals surface area contributed by atoms with Crippen LogP contribution in [0, 0.1) is 0 Å². The molecular formula is C22H26Cl2N6O. The lowest BCUT2D eigenvalue weighted by atomic mass is 10.1. The number of imidazole rings is 1. The van der Waals surface area contributed by atoms with Gasteiger partial charge in [-0.05, 0) is 44.1 Å². The maximum atomic E-state index is 13.2. The Morgan fingerprint density at radius 3 is 2.74 bits per heavy atom. The molecule has 0 atom stereocenters. The number of pyridine rings is 1. The predicted octanol–water partition coefficient (Wildman–Crippen LogP) is 3.29. The molecule has 4 aromatic rings. The average Bonchev–Trinajstić information content (AvgIpc) is 3.17. The third kappa shape index (κ3) is 4.84. The highest BCUT2D eigenvalue weighted by atomic mass is 35.5. The number of aryl methyl sites for hydroxylation is 2. The van der Waals surface area contributed by atoms with Gasteiger partial charge in [0.25, 0.3) is 5.56 Å². The Morgan fingerprint density at radius 1 is 1.10 bits per heavy atom. The van der Waals surface area contributed by atoms with Crippen LogP contribution in [0.2, 0.25) is 0 Å². The third-order valence-electron chi connectivity index (χ3n) is 5.57. The van der Waals surface area contributed by atoms with E-state index in [0.717, 1.165) is 53.7 Å². The Morgan fingerprint density at radius 2 is 1.94 bits per heavy atom. The summed E-state index contributed by atoms with van der Waals surface area (Å²) in [5.74, 6) is 0. The highest BCUT2D eigenvalue weighted by molar-refractivity contribution is 5.92. The molecule has 0 spiro atoms. The lowest BCUT2D eigenvalue weighted by Gasteiger charge is -2.25. The van der Waals surface area contributed by atoms with Crippen LogP contribution in [0.4, 0.5) is 5.69 Å². The summed E-state index contributed by atoms with van der Waals surface area (Å²) in [4.78, 5) is 17.8. The summed E-state index contributed by atoms with van der Waals surface area (Å²) in [7, 11) is 0. The van der Waals surface area contributed by atoms with Crippen molar-refractivity contribution in [2.45, 2.75) is 31.8 Å². The van der Waals surface area contributed by atoms with Crippen LogP contribution < -0.4 is 16.2 Å². The summed E-state index contributed by atoms with van der Waals surface area (Å²) in [6.45, 7) is 2.51. The first-order valence-electron chi connectivity index (χ1n) is 10.2. The van der Waals surface area contributed by atoms with E-state index in [0.29, 0.717) is 19.0 Å². The average molecular weight is 461 g/mol. The zero-order chi connectivity index (χ0) is 19.6. The van der Waals surface area contributed by atoms with Gasteiger partial charge in [-0.2, -0.15) is 5.10 Å². The van der Waals surface area contributed by atoms with Gasteiger partial charge >= 0.3 is 0 Å². The molecule has 0 bridgehead atoms. The second kappa shape index (κ2) is 10.1. The van der Waals surface area contributed by atoms with Crippen LogP contribution in [-0.4, -0.2) is 38.3 Å². The molecule has 1 aliphatic heterocycles. The highest BCUT2D eigenvalue weighted by Gasteiger charge is 2.16. The fraction of sp³-hybridized carbons (Fsp3) is 0.318. The number of rotatable bonds is 5. The topological polar surface area (TPSA) is 76.2 Å². The molecule has 0 unspecified atom stereocenters. The van der Waals surface area contributed by atoms with Gasteiger partial charge in [-0.25, -0.2) is 9.67 Å². The SMILES string of the molecule is Cl.Cl.O=c1c2c(NC3CCNCC3)cccc2cnn1CCc1cn2ccccc2n1. The van der Waals surface area contributed by atoms with Gasteiger partial charge in [0.2, 0.25) is 0 Å². The van der Waals surface area contributed by atoms with E-state index >= 15 is 0 Å². The zero-order valence-electron chi connectivity index (χ0n) is 17.0. The van der Waals surface area contributed by atoms with Crippen LogP contribution >= 0.6 is 24.8 Å². The summed E-state index contributed by atoms with van der Waals surface area (Å²) in [6.07, 6.45) is 8.54. The smallest absolute Gasteiger partial charge is 0.276 e. The number of halogens is 2. The van der Waals surface area contributed by atoms with Gasteiger partial charge in [-0.15, -0.1) is 24.8 Å². The van der Waals surface area contributed by atoms with Crippen LogP contribution in [0.5, 0.6) is 0 Å². The summed E-state index contributed by atoms with van der Waals surface area (Å²) < 4.78 is 3.55. The van der Waals surface area contributed by atoms with Crippen molar-refractivity contribution >= 4 is 46.9 Å². The molecule has 0 aliphatic carbocycles. The Kier molecular flexibility index (Phi) is 7.54. The first kappa shape index (κ1) is 23.1. The number of nitrogens with one attached hydrogen (secondary N) is 2.